The summed E-state index contributed by atoms with van der Waals surface area (Å²) >= 11 is 0. The Bertz CT molecular complexity index is 956. The maximum Gasteiger partial charge on any atom is 0.248 e. The van der Waals surface area contributed by atoms with Gasteiger partial charge in [-0.05, 0) is 55.0 Å². The van der Waals surface area contributed by atoms with Crippen molar-refractivity contribution in [1.29, 1.82) is 0 Å². The lowest BCUT2D eigenvalue weighted by molar-refractivity contribution is -0.111. The van der Waals surface area contributed by atoms with E-state index in [1.807, 2.05) is 49.4 Å². The van der Waals surface area contributed by atoms with E-state index < -0.39 is 0 Å². The number of nitrogens with one attached hydrogen (secondary N) is 2. The van der Waals surface area contributed by atoms with Gasteiger partial charge in [0.25, 0.3) is 0 Å². The molecule has 0 radical (unpaired) electrons. The van der Waals surface area contributed by atoms with Crippen LogP contribution in [0.1, 0.15) is 11.3 Å². The van der Waals surface area contributed by atoms with Crippen LogP contribution in [-0.4, -0.2) is 17.7 Å². The van der Waals surface area contributed by atoms with Crippen LogP contribution in [0.15, 0.2) is 48.5 Å². The fourth-order valence-corrected chi connectivity index (χ4v) is 2.73. The van der Waals surface area contributed by atoms with Crippen LogP contribution >= 0.6 is 0 Å². The van der Waals surface area contributed by atoms with Gasteiger partial charge in [-0.2, -0.15) is 0 Å². The predicted molar refractivity (Wildman–Crippen MR) is 93.3 cm³/mol. The van der Waals surface area contributed by atoms with Gasteiger partial charge in [-0.25, -0.2) is 0 Å². The van der Waals surface area contributed by atoms with E-state index in [0.717, 1.165) is 33.6 Å². The number of anilines is 1. The third kappa shape index (κ3) is 2.84. The number of benzene rings is 2. The van der Waals surface area contributed by atoms with Crippen LogP contribution in [0.2, 0.25) is 0 Å². The van der Waals surface area contributed by atoms with Gasteiger partial charge in [0.05, 0.1) is 0 Å². The van der Waals surface area contributed by atoms with Gasteiger partial charge in [0, 0.05) is 28.4 Å². The lowest BCUT2D eigenvalue weighted by atomic mass is 10.2. The molecule has 0 spiro atoms. The van der Waals surface area contributed by atoms with Crippen molar-refractivity contribution in [2.24, 2.45) is 0 Å². The molecule has 1 amide bonds. The SMILES string of the molecule is Cc1cc2cc(NC(=O)C=Cc3ccc4c(c3)OCO4)ccc2[nH]1. The first-order valence-electron chi connectivity index (χ1n) is 7.65. The summed E-state index contributed by atoms with van der Waals surface area (Å²) in [5.74, 6) is 1.25. The second-order valence-corrected chi connectivity index (χ2v) is 5.69. The number of hydrogen-bond acceptors (Lipinski definition) is 3. The number of aromatic amines is 1. The minimum absolute atomic E-state index is 0.181. The first kappa shape index (κ1) is 14.4. The summed E-state index contributed by atoms with van der Waals surface area (Å²) in [7, 11) is 0. The topological polar surface area (TPSA) is 63.4 Å². The fraction of sp³-hybridized carbons (Fsp3) is 0.105. The van der Waals surface area contributed by atoms with Gasteiger partial charge in [-0.15, -0.1) is 0 Å². The Labute approximate surface area is 138 Å². The van der Waals surface area contributed by atoms with E-state index in [-0.39, 0.29) is 12.7 Å². The van der Waals surface area contributed by atoms with Gasteiger partial charge in [-0.3, -0.25) is 4.79 Å². The maximum absolute atomic E-state index is 12.1. The molecular weight excluding hydrogens is 304 g/mol. The van der Waals surface area contributed by atoms with Gasteiger partial charge >= 0.3 is 0 Å². The Morgan fingerprint density at radius 3 is 2.92 bits per heavy atom. The molecule has 0 bridgehead atoms. The van der Waals surface area contributed by atoms with Crippen molar-refractivity contribution < 1.29 is 14.3 Å². The number of rotatable bonds is 3. The molecule has 2 N–H and O–H groups in total. The molecule has 120 valence electrons. The molecule has 0 atom stereocenters. The number of carbonyl (C=O) groups excluding carboxylic acids is 1. The Morgan fingerprint density at radius 2 is 2.00 bits per heavy atom. The summed E-state index contributed by atoms with van der Waals surface area (Å²) < 4.78 is 10.6. The monoisotopic (exact) mass is 320 g/mol. The van der Waals surface area contributed by atoms with E-state index in [0.29, 0.717) is 5.75 Å². The number of fused-ring (bicyclic) bond motifs is 2. The fourth-order valence-electron chi connectivity index (χ4n) is 2.73. The van der Waals surface area contributed by atoms with Crippen LogP contribution in [0.3, 0.4) is 0 Å². The van der Waals surface area contributed by atoms with E-state index in [2.05, 4.69) is 10.3 Å². The average Bonchev–Trinajstić information content (AvgIpc) is 3.17. The summed E-state index contributed by atoms with van der Waals surface area (Å²) in [6.45, 7) is 2.25. The van der Waals surface area contributed by atoms with Gasteiger partial charge in [-0.1, -0.05) is 6.07 Å². The predicted octanol–water partition coefficient (Wildman–Crippen LogP) is 3.86. The van der Waals surface area contributed by atoms with Crippen molar-refractivity contribution in [3.8, 4) is 11.5 Å². The van der Waals surface area contributed by atoms with Crippen molar-refractivity contribution in [2.75, 3.05) is 12.1 Å². The number of hydrogen-bond donors (Lipinski definition) is 2. The standard InChI is InChI=1S/C19H16N2O3/c1-12-8-14-10-15(4-5-16(14)20-12)21-19(22)7-3-13-2-6-17-18(9-13)24-11-23-17/h2-10,20H,11H2,1H3,(H,21,22). The largest absolute Gasteiger partial charge is 0.454 e. The quantitative estimate of drug-likeness (QED) is 0.720. The molecule has 0 saturated heterocycles. The number of carbonyl (C=O) groups is 1. The molecule has 0 fully saturated rings. The van der Waals surface area contributed by atoms with Gasteiger partial charge in [0.1, 0.15) is 0 Å². The van der Waals surface area contributed by atoms with Crippen LogP contribution in [-0.2, 0) is 4.79 Å². The Morgan fingerprint density at radius 1 is 1.12 bits per heavy atom. The molecule has 5 heteroatoms. The highest BCUT2D eigenvalue weighted by atomic mass is 16.7. The zero-order valence-electron chi connectivity index (χ0n) is 13.1. The molecule has 2 aromatic carbocycles. The average molecular weight is 320 g/mol. The highest BCUT2D eigenvalue weighted by Gasteiger charge is 2.12. The van der Waals surface area contributed by atoms with Crippen LogP contribution in [0.4, 0.5) is 5.69 Å². The molecule has 5 nitrogen and oxygen atoms in total. The van der Waals surface area contributed by atoms with Crippen LogP contribution in [0.25, 0.3) is 17.0 Å². The molecule has 1 aliphatic rings. The summed E-state index contributed by atoms with van der Waals surface area (Å²) in [5, 5.41) is 3.94. The molecule has 3 aromatic rings. The molecule has 0 aliphatic carbocycles. The summed E-state index contributed by atoms with van der Waals surface area (Å²) in [5.41, 5.74) is 3.80. The molecule has 1 aromatic heterocycles. The first-order chi connectivity index (χ1) is 11.7. The maximum atomic E-state index is 12.1. The van der Waals surface area contributed by atoms with Crippen LogP contribution in [0, 0.1) is 6.92 Å². The van der Waals surface area contributed by atoms with Crippen LogP contribution in [0.5, 0.6) is 11.5 Å². The van der Waals surface area contributed by atoms with E-state index >= 15 is 0 Å². The van der Waals surface area contributed by atoms with Crippen molar-refractivity contribution in [1.82, 2.24) is 4.98 Å². The highest BCUT2D eigenvalue weighted by molar-refractivity contribution is 6.03. The molecule has 1 aliphatic heterocycles. The minimum Gasteiger partial charge on any atom is -0.454 e. The van der Waals surface area contributed by atoms with Crippen molar-refractivity contribution in [3.63, 3.8) is 0 Å². The molecule has 2 heterocycles. The number of H-pyrrole nitrogens is 1. The number of aryl methyl sites for hydroxylation is 1. The second-order valence-electron chi connectivity index (χ2n) is 5.69. The number of aromatic nitrogens is 1. The molecular formula is C19H16N2O3. The van der Waals surface area contributed by atoms with E-state index in [9.17, 15) is 4.79 Å². The highest BCUT2D eigenvalue weighted by Crippen LogP contribution is 2.32. The van der Waals surface area contributed by atoms with Gasteiger partial charge in [0.2, 0.25) is 12.7 Å². The zero-order valence-corrected chi connectivity index (χ0v) is 13.1. The third-order valence-corrected chi connectivity index (χ3v) is 3.85. The summed E-state index contributed by atoms with van der Waals surface area (Å²) in [4.78, 5) is 15.4. The van der Waals surface area contributed by atoms with E-state index in [1.165, 1.54) is 6.08 Å². The Kier molecular flexibility index (Phi) is 3.46. The number of ether oxygens (including phenoxy) is 2. The smallest absolute Gasteiger partial charge is 0.248 e. The van der Waals surface area contributed by atoms with E-state index in [1.54, 1.807) is 6.08 Å². The van der Waals surface area contributed by atoms with Gasteiger partial charge < -0.3 is 19.8 Å². The summed E-state index contributed by atoms with van der Waals surface area (Å²) in [6.07, 6.45) is 3.25. The zero-order chi connectivity index (χ0) is 16.5. The van der Waals surface area contributed by atoms with Crippen molar-refractivity contribution in [3.05, 3.63) is 59.8 Å². The minimum atomic E-state index is -0.181. The normalized spacial score (nSPS) is 12.9. The van der Waals surface area contributed by atoms with Gasteiger partial charge in [0.15, 0.2) is 11.5 Å². The molecule has 24 heavy (non-hydrogen) atoms. The van der Waals surface area contributed by atoms with E-state index in [4.69, 9.17) is 9.47 Å². The Hall–Kier alpha value is -3.21. The lowest BCUT2D eigenvalue weighted by Gasteiger charge is -2.02. The Balaban J connectivity index is 1.47. The first-order valence-corrected chi connectivity index (χ1v) is 7.65. The second kappa shape index (κ2) is 5.77. The van der Waals surface area contributed by atoms with Crippen molar-refractivity contribution in [2.45, 2.75) is 6.92 Å². The molecule has 0 unspecified atom stereocenters. The third-order valence-electron chi connectivity index (χ3n) is 3.85. The van der Waals surface area contributed by atoms with Crippen molar-refractivity contribution >= 4 is 28.6 Å². The summed E-state index contributed by atoms with van der Waals surface area (Å²) in [6, 6.07) is 13.4. The number of amides is 1. The molecule has 4 rings (SSSR count). The molecule has 0 saturated carbocycles. The lowest BCUT2D eigenvalue weighted by Crippen LogP contribution is -2.07. The van der Waals surface area contributed by atoms with Crippen LogP contribution < -0.4 is 14.8 Å².